The highest BCUT2D eigenvalue weighted by atomic mass is 35.5. The van der Waals surface area contributed by atoms with Gasteiger partial charge in [0.05, 0.1) is 4.34 Å². The molecule has 0 bridgehead atoms. The first-order valence-electron chi connectivity index (χ1n) is 5.66. The lowest BCUT2D eigenvalue weighted by atomic mass is 10.1. The first-order valence-corrected chi connectivity index (χ1v) is 6.85. The highest BCUT2D eigenvalue weighted by molar-refractivity contribution is 7.16. The van der Waals surface area contributed by atoms with Crippen molar-refractivity contribution in [3.8, 4) is 11.8 Å². The van der Waals surface area contributed by atoms with E-state index in [1.165, 1.54) is 4.88 Å². The fourth-order valence-electron chi connectivity index (χ4n) is 1.52. The van der Waals surface area contributed by atoms with Gasteiger partial charge in [-0.25, -0.2) is 0 Å². The molecular weight excluding hydrogens is 238 g/mol. The minimum Gasteiger partial charge on any atom is -0.309 e. The molecule has 0 aromatic carbocycles. The Morgan fingerprint density at radius 3 is 2.88 bits per heavy atom. The van der Waals surface area contributed by atoms with Crippen LogP contribution < -0.4 is 5.32 Å². The fraction of sp³-hybridized carbons (Fsp3) is 0.538. The van der Waals surface area contributed by atoms with Crippen LogP contribution in [0.5, 0.6) is 0 Å². The topological polar surface area (TPSA) is 12.0 Å². The lowest BCUT2D eigenvalue weighted by Crippen LogP contribution is -2.21. The summed E-state index contributed by atoms with van der Waals surface area (Å²) in [6, 6.07) is 4.48. The zero-order chi connectivity index (χ0) is 11.8. The molecule has 1 nitrogen and oxygen atoms in total. The molecule has 0 spiro atoms. The van der Waals surface area contributed by atoms with E-state index in [0.29, 0.717) is 6.04 Å². The van der Waals surface area contributed by atoms with Gasteiger partial charge in [-0.1, -0.05) is 18.5 Å². The summed E-state index contributed by atoms with van der Waals surface area (Å²) in [5.74, 6) is 6.05. The maximum atomic E-state index is 5.96. The van der Waals surface area contributed by atoms with Crippen LogP contribution in [0, 0.1) is 11.8 Å². The van der Waals surface area contributed by atoms with Gasteiger partial charge in [0.1, 0.15) is 0 Å². The first kappa shape index (κ1) is 13.6. The average molecular weight is 256 g/mol. The summed E-state index contributed by atoms with van der Waals surface area (Å²) in [5, 5.41) is 3.54. The molecule has 0 saturated heterocycles. The molecule has 0 radical (unpaired) electrons. The van der Waals surface area contributed by atoms with Gasteiger partial charge in [0.2, 0.25) is 0 Å². The summed E-state index contributed by atoms with van der Waals surface area (Å²) in [6.07, 6.45) is 3.14. The van der Waals surface area contributed by atoms with Gasteiger partial charge in [-0.3, -0.25) is 0 Å². The highest BCUT2D eigenvalue weighted by Gasteiger charge is 2.11. The Hall–Kier alpha value is -0.490. The average Bonchev–Trinajstić information content (AvgIpc) is 2.70. The summed E-state index contributed by atoms with van der Waals surface area (Å²) in [7, 11) is 0. The molecule has 0 saturated carbocycles. The molecule has 88 valence electrons. The highest BCUT2D eigenvalue weighted by Crippen LogP contribution is 2.29. The zero-order valence-electron chi connectivity index (χ0n) is 9.85. The van der Waals surface area contributed by atoms with E-state index in [-0.39, 0.29) is 0 Å². The van der Waals surface area contributed by atoms with Crippen LogP contribution >= 0.6 is 22.9 Å². The molecule has 1 aromatic heterocycles. The monoisotopic (exact) mass is 255 g/mol. The maximum Gasteiger partial charge on any atom is 0.0931 e. The van der Waals surface area contributed by atoms with E-state index in [1.807, 2.05) is 13.0 Å². The van der Waals surface area contributed by atoms with Crippen LogP contribution in [0.3, 0.4) is 0 Å². The Balaban J connectivity index is 2.57. The molecule has 0 aliphatic carbocycles. The van der Waals surface area contributed by atoms with E-state index >= 15 is 0 Å². The largest absolute Gasteiger partial charge is 0.309 e. The van der Waals surface area contributed by atoms with Gasteiger partial charge in [0.25, 0.3) is 0 Å². The van der Waals surface area contributed by atoms with Crippen LogP contribution in [0.2, 0.25) is 4.34 Å². The molecule has 1 heterocycles. The third kappa shape index (κ3) is 4.57. The van der Waals surface area contributed by atoms with Crippen molar-refractivity contribution in [1.82, 2.24) is 5.32 Å². The van der Waals surface area contributed by atoms with Crippen molar-refractivity contribution in [1.29, 1.82) is 0 Å². The molecule has 16 heavy (non-hydrogen) atoms. The quantitative estimate of drug-likeness (QED) is 0.750. The maximum absolute atomic E-state index is 5.96. The third-order valence-electron chi connectivity index (χ3n) is 2.31. The van der Waals surface area contributed by atoms with Gasteiger partial charge in [-0.05, 0) is 38.4 Å². The SMILES string of the molecule is CC#CCCC(NCCC)c1ccc(Cl)s1. The molecule has 1 rings (SSSR count). The predicted octanol–water partition coefficient (Wildman–Crippen LogP) is 4.25. The minimum absolute atomic E-state index is 0.401. The Labute approximate surface area is 107 Å². The summed E-state index contributed by atoms with van der Waals surface area (Å²) < 4.78 is 0.861. The molecule has 1 unspecified atom stereocenters. The van der Waals surface area contributed by atoms with E-state index < -0.39 is 0 Å². The van der Waals surface area contributed by atoms with E-state index in [1.54, 1.807) is 11.3 Å². The molecule has 0 fully saturated rings. The second-order valence-corrected chi connectivity index (χ2v) is 5.36. The number of rotatable bonds is 6. The van der Waals surface area contributed by atoms with Gasteiger partial charge in [0, 0.05) is 17.3 Å². The Bertz CT molecular complexity index is 361. The Kier molecular flexibility index (Phi) is 6.56. The lowest BCUT2D eigenvalue weighted by molar-refractivity contribution is 0.512. The van der Waals surface area contributed by atoms with Crippen LogP contribution in [-0.4, -0.2) is 6.54 Å². The molecule has 1 N–H and O–H groups in total. The smallest absolute Gasteiger partial charge is 0.0931 e. The summed E-state index contributed by atoms with van der Waals surface area (Å²) in [5.41, 5.74) is 0. The zero-order valence-corrected chi connectivity index (χ0v) is 11.4. The van der Waals surface area contributed by atoms with Crippen LogP contribution in [-0.2, 0) is 0 Å². The van der Waals surface area contributed by atoms with Crippen molar-refractivity contribution < 1.29 is 0 Å². The van der Waals surface area contributed by atoms with E-state index in [9.17, 15) is 0 Å². The van der Waals surface area contributed by atoms with Crippen LogP contribution in [0.15, 0.2) is 12.1 Å². The summed E-state index contributed by atoms with van der Waals surface area (Å²) in [4.78, 5) is 1.32. The summed E-state index contributed by atoms with van der Waals surface area (Å²) >= 11 is 7.62. The molecule has 1 aromatic rings. The van der Waals surface area contributed by atoms with Gasteiger partial charge in [-0.2, -0.15) is 0 Å². The van der Waals surface area contributed by atoms with Crippen LogP contribution in [0.4, 0.5) is 0 Å². The van der Waals surface area contributed by atoms with Crippen LogP contribution in [0.1, 0.15) is 44.0 Å². The van der Waals surface area contributed by atoms with Crippen molar-refractivity contribution in [3.05, 3.63) is 21.3 Å². The normalized spacial score (nSPS) is 11.9. The van der Waals surface area contributed by atoms with Crippen molar-refractivity contribution in [3.63, 3.8) is 0 Å². The molecule has 0 aliphatic heterocycles. The number of hydrogen-bond donors (Lipinski definition) is 1. The number of thiophene rings is 1. The number of halogens is 1. The standard InChI is InChI=1S/C13H18ClNS/c1-3-5-6-7-11(15-10-4-2)12-8-9-13(14)16-12/h8-9,11,15H,4,6-7,10H2,1-2H3. The predicted molar refractivity (Wildman–Crippen MR) is 73.0 cm³/mol. The van der Waals surface area contributed by atoms with E-state index in [0.717, 1.165) is 30.1 Å². The molecule has 3 heteroatoms. The van der Waals surface area contributed by atoms with E-state index in [2.05, 4.69) is 30.1 Å². The van der Waals surface area contributed by atoms with Gasteiger partial charge in [0.15, 0.2) is 0 Å². The van der Waals surface area contributed by atoms with Crippen molar-refractivity contribution in [2.24, 2.45) is 0 Å². The lowest BCUT2D eigenvalue weighted by Gasteiger charge is -2.15. The molecule has 1 atom stereocenters. The van der Waals surface area contributed by atoms with Gasteiger partial charge in [-0.15, -0.1) is 23.2 Å². The van der Waals surface area contributed by atoms with Crippen molar-refractivity contribution >= 4 is 22.9 Å². The molecule has 0 amide bonds. The minimum atomic E-state index is 0.401. The number of nitrogens with one attached hydrogen (secondary N) is 1. The Morgan fingerprint density at radius 2 is 2.31 bits per heavy atom. The molecule has 0 aliphatic rings. The second-order valence-electron chi connectivity index (χ2n) is 3.61. The van der Waals surface area contributed by atoms with E-state index in [4.69, 9.17) is 11.6 Å². The molecular formula is C13H18ClNS. The summed E-state index contributed by atoms with van der Waals surface area (Å²) in [6.45, 7) is 5.10. The van der Waals surface area contributed by atoms with Crippen molar-refractivity contribution in [2.75, 3.05) is 6.54 Å². The van der Waals surface area contributed by atoms with Crippen molar-refractivity contribution in [2.45, 2.75) is 39.2 Å². The number of hydrogen-bond acceptors (Lipinski definition) is 2. The van der Waals surface area contributed by atoms with Gasteiger partial charge >= 0.3 is 0 Å². The Morgan fingerprint density at radius 1 is 1.50 bits per heavy atom. The first-order chi connectivity index (χ1) is 7.77. The van der Waals surface area contributed by atoms with Gasteiger partial charge < -0.3 is 5.32 Å². The fourth-order valence-corrected chi connectivity index (χ4v) is 2.69. The van der Waals surface area contributed by atoms with Crippen LogP contribution in [0.25, 0.3) is 0 Å². The third-order valence-corrected chi connectivity index (χ3v) is 3.66. The second kappa shape index (κ2) is 7.73.